The van der Waals surface area contributed by atoms with Gasteiger partial charge in [0.2, 0.25) is 0 Å². The first kappa shape index (κ1) is 11.7. The van der Waals surface area contributed by atoms with E-state index >= 15 is 0 Å². The van der Waals surface area contributed by atoms with Gasteiger partial charge in [-0.15, -0.1) is 0 Å². The van der Waals surface area contributed by atoms with Crippen LogP contribution in [0.3, 0.4) is 0 Å². The fourth-order valence-electron chi connectivity index (χ4n) is 1.42. The summed E-state index contributed by atoms with van der Waals surface area (Å²) in [5, 5.41) is 3.51. The molecule has 0 aromatic carbocycles. The molecule has 1 N–H and O–H groups in total. The predicted octanol–water partition coefficient (Wildman–Crippen LogP) is 3.07. The Kier molecular flexibility index (Phi) is 5.12. The summed E-state index contributed by atoms with van der Waals surface area (Å²) in [6.07, 6.45) is 5.06. The number of hydrogen-bond donors (Lipinski definition) is 1. The fourth-order valence-corrected chi connectivity index (χ4v) is 2.01. The Morgan fingerprint density at radius 3 is 2.86 bits per heavy atom. The number of hydrogen-bond acceptors (Lipinski definition) is 3. The van der Waals surface area contributed by atoms with Crippen molar-refractivity contribution < 1.29 is 4.42 Å². The molecule has 0 fully saturated rings. The van der Waals surface area contributed by atoms with E-state index in [-0.39, 0.29) is 0 Å². The van der Waals surface area contributed by atoms with Gasteiger partial charge in [0.1, 0.15) is 5.76 Å². The second-order valence-corrected chi connectivity index (χ2v) is 4.57. The number of thioether (sulfide) groups is 1. The first-order valence-electron chi connectivity index (χ1n) is 5.02. The van der Waals surface area contributed by atoms with Crippen LogP contribution in [0.1, 0.15) is 32.1 Å². The molecule has 1 aromatic rings. The van der Waals surface area contributed by atoms with Crippen LogP contribution in [0.15, 0.2) is 22.8 Å². The Morgan fingerprint density at radius 1 is 1.50 bits per heavy atom. The van der Waals surface area contributed by atoms with Crippen molar-refractivity contribution in [2.24, 2.45) is 0 Å². The molecule has 3 heteroatoms. The molecular formula is C11H19NOS. The first-order valence-corrected chi connectivity index (χ1v) is 6.41. The van der Waals surface area contributed by atoms with Crippen LogP contribution in [0.25, 0.3) is 0 Å². The summed E-state index contributed by atoms with van der Waals surface area (Å²) in [4.78, 5) is 0. The molecule has 0 aliphatic rings. The minimum atomic E-state index is 0.307. The maximum absolute atomic E-state index is 5.33. The van der Waals surface area contributed by atoms with Crippen LogP contribution in [-0.4, -0.2) is 18.1 Å². The Balaban J connectivity index is 2.29. The third-order valence-corrected chi connectivity index (χ3v) is 2.90. The van der Waals surface area contributed by atoms with Crippen LogP contribution in [-0.2, 0) is 0 Å². The van der Waals surface area contributed by atoms with Gasteiger partial charge in [-0.3, -0.25) is 0 Å². The first-order chi connectivity index (χ1) is 6.74. The van der Waals surface area contributed by atoms with Crippen LogP contribution in [0.2, 0.25) is 0 Å². The van der Waals surface area contributed by atoms with Crippen molar-refractivity contribution in [1.82, 2.24) is 5.32 Å². The van der Waals surface area contributed by atoms with E-state index < -0.39 is 0 Å². The highest BCUT2D eigenvalue weighted by Crippen LogP contribution is 2.14. The average molecular weight is 213 g/mol. The number of furan rings is 1. The maximum Gasteiger partial charge on any atom is 0.120 e. The quantitative estimate of drug-likeness (QED) is 0.786. The van der Waals surface area contributed by atoms with Gasteiger partial charge in [0.15, 0.2) is 0 Å². The van der Waals surface area contributed by atoms with Gasteiger partial charge in [0.05, 0.1) is 12.3 Å². The Labute approximate surface area is 90.5 Å². The van der Waals surface area contributed by atoms with Gasteiger partial charge < -0.3 is 9.73 Å². The normalized spacial score (nSPS) is 15.4. The molecule has 2 atom stereocenters. The molecule has 80 valence electrons. The summed E-state index contributed by atoms with van der Waals surface area (Å²) in [7, 11) is 0. The van der Waals surface area contributed by atoms with E-state index in [0.717, 1.165) is 5.76 Å². The van der Waals surface area contributed by atoms with Gasteiger partial charge in [0.25, 0.3) is 0 Å². The van der Waals surface area contributed by atoms with Gasteiger partial charge in [-0.2, -0.15) is 11.8 Å². The molecule has 1 aromatic heterocycles. The van der Waals surface area contributed by atoms with E-state index in [2.05, 4.69) is 25.4 Å². The molecule has 0 radical (unpaired) electrons. The lowest BCUT2D eigenvalue weighted by Crippen LogP contribution is -2.29. The summed E-state index contributed by atoms with van der Waals surface area (Å²) >= 11 is 1.89. The van der Waals surface area contributed by atoms with Crippen molar-refractivity contribution in [3.63, 3.8) is 0 Å². The lowest BCUT2D eigenvalue weighted by atomic mass is 10.2. The monoisotopic (exact) mass is 213 g/mol. The zero-order valence-electron chi connectivity index (χ0n) is 9.12. The predicted molar refractivity (Wildman–Crippen MR) is 62.7 cm³/mol. The molecule has 0 spiro atoms. The van der Waals surface area contributed by atoms with E-state index in [1.807, 2.05) is 23.9 Å². The minimum absolute atomic E-state index is 0.307. The Hall–Kier alpha value is -0.410. The van der Waals surface area contributed by atoms with Gasteiger partial charge in [-0.25, -0.2) is 0 Å². The molecule has 0 aliphatic heterocycles. The second-order valence-electron chi connectivity index (χ2n) is 3.59. The van der Waals surface area contributed by atoms with E-state index in [0.29, 0.717) is 12.1 Å². The SMILES string of the molecule is CSCC[C@H](C)N[C@@H](C)c1ccco1. The molecule has 0 aliphatic carbocycles. The second kappa shape index (κ2) is 6.14. The molecule has 0 saturated carbocycles. The zero-order valence-corrected chi connectivity index (χ0v) is 9.93. The molecule has 0 bridgehead atoms. The molecule has 0 unspecified atom stereocenters. The molecule has 1 heterocycles. The molecule has 14 heavy (non-hydrogen) atoms. The lowest BCUT2D eigenvalue weighted by Gasteiger charge is -2.17. The largest absolute Gasteiger partial charge is 0.468 e. The van der Waals surface area contributed by atoms with Crippen LogP contribution in [0, 0.1) is 0 Å². The van der Waals surface area contributed by atoms with Crippen molar-refractivity contribution in [2.45, 2.75) is 32.4 Å². The van der Waals surface area contributed by atoms with Gasteiger partial charge in [-0.1, -0.05) is 0 Å². The van der Waals surface area contributed by atoms with E-state index in [1.54, 1.807) is 6.26 Å². The highest BCUT2D eigenvalue weighted by atomic mass is 32.2. The topological polar surface area (TPSA) is 25.2 Å². The number of rotatable bonds is 6. The highest BCUT2D eigenvalue weighted by Gasteiger charge is 2.10. The third-order valence-electron chi connectivity index (χ3n) is 2.26. The van der Waals surface area contributed by atoms with Crippen molar-refractivity contribution in [1.29, 1.82) is 0 Å². The minimum Gasteiger partial charge on any atom is -0.468 e. The Bertz CT molecular complexity index is 235. The summed E-state index contributed by atoms with van der Waals surface area (Å²) in [6.45, 7) is 4.35. The molecule has 2 nitrogen and oxygen atoms in total. The average Bonchev–Trinajstić information content (AvgIpc) is 2.67. The van der Waals surface area contributed by atoms with E-state index in [9.17, 15) is 0 Å². The van der Waals surface area contributed by atoms with Crippen LogP contribution in [0.5, 0.6) is 0 Å². The molecule has 0 saturated heterocycles. The van der Waals surface area contributed by atoms with E-state index in [4.69, 9.17) is 4.42 Å². The van der Waals surface area contributed by atoms with Crippen molar-refractivity contribution in [3.8, 4) is 0 Å². The standard InChI is InChI=1S/C11H19NOS/c1-9(6-8-14-3)12-10(2)11-5-4-7-13-11/h4-5,7,9-10,12H,6,8H2,1-3H3/t9-,10-/m0/s1. The van der Waals surface area contributed by atoms with Gasteiger partial charge >= 0.3 is 0 Å². The maximum atomic E-state index is 5.33. The van der Waals surface area contributed by atoms with Gasteiger partial charge in [-0.05, 0) is 44.4 Å². The zero-order chi connectivity index (χ0) is 10.4. The molecule has 1 rings (SSSR count). The van der Waals surface area contributed by atoms with Crippen molar-refractivity contribution in [2.75, 3.05) is 12.0 Å². The van der Waals surface area contributed by atoms with Gasteiger partial charge in [0, 0.05) is 6.04 Å². The van der Waals surface area contributed by atoms with Crippen molar-refractivity contribution >= 4 is 11.8 Å². The van der Waals surface area contributed by atoms with Crippen LogP contribution in [0.4, 0.5) is 0 Å². The molecular weight excluding hydrogens is 194 g/mol. The Morgan fingerprint density at radius 2 is 2.29 bits per heavy atom. The number of nitrogens with one attached hydrogen (secondary N) is 1. The summed E-state index contributed by atoms with van der Waals surface area (Å²) < 4.78 is 5.33. The lowest BCUT2D eigenvalue weighted by molar-refractivity contribution is 0.395. The fraction of sp³-hybridized carbons (Fsp3) is 0.636. The summed E-state index contributed by atoms with van der Waals surface area (Å²) in [5.74, 6) is 2.22. The molecule has 0 amide bonds. The summed E-state index contributed by atoms with van der Waals surface area (Å²) in [6, 6.07) is 4.79. The van der Waals surface area contributed by atoms with Crippen LogP contribution < -0.4 is 5.32 Å². The summed E-state index contributed by atoms with van der Waals surface area (Å²) in [5.41, 5.74) is 0. The third kappa shape index (κ3) is 3.76. The highest BCUT2D eigenvalue weighted by molar-refractivity contribution is 7.98. The van der Waals surface area contributed by atoms with Crippen LogP contribution >= 0.6 is 11.8 Å². The van der Waals surface area contributed by atoms with E-state index in [1.165, 1.54) is 12.2 Å². The smallest absolute Gasteiger partial charge is 0.120 e. The van der Waals surface area contributed by atoms with Crippen molar-refractivity contribution in [3.05, 3.63) is 24.2 Å².